The molecule has 3 nitrogen and oxygen atoms in total. The van der Waals surface area contributed by atoms with Gasteiger partial charge in [-0.3, -0.25) is 9.79 Å². The van der Waals surface area contributed by atoms with Gasteiger partial charge in [-0.1, -0.05) is 0 Å². The number of aliphatic imine (C=N–C) groups is 1. The van der Waals surface area contributed by atoms with Crippen molar-refractivity contribution >= 4 is 11.7 Å². The van der Waals surface area contributed by atoms with Crippen molar-refractivity contribution in [2.24, 2.45) is 4.99 Å². The maximum Gasteiger partial charge on any atom is 0.311 e. The first-order chi connectivity index (χ1) is 5.06. The Kier molecular flexibility index (Phi) is 4.50. The molecule has 0 amide bonds. The number of hydrogen-bond acceptors (Lipinski definition) is 3. The van der Waals surface area contributed by atoms with Crippen molar-refractivity contribution in [1.29, 1.82) is 0 Å². The average molecular weight is 157 g/mol. The van der Waals surface area contributed by atoms with Crippen LogP contribution in [-0.2, 0) is 9.53 Å². The van der Waals surface area contributed by atoms with Crippen LogP contribution < -0.4 is 0 Å². The summed E-state index contributed by atoms with van der Waals surface area (Å²) < 4.78 is 4.48. The van der Waals surface area contributed by atoms with Crippen LogP contribution in [0, 0.1) is 0 Å². The van der Waals surface area contributed by atoms with Gasteiger partial charge in [0.2, 0.25) is 0 Å². The molecule has 0 spiro atoms. The molecular formula is C8H15NO2. The lowest BCUT2D eigenvalue weighted by Crippen LogP contribution is -2.08. The van der Waals surface area contributed by atoms with Crippen molar-refractivity contribution in [1.82, 2.24) is 0 Å². The van der Waals surface area contributed by atoms with Crippen LogP contribution in [-0.4, -0.2) is 24.8 Å². The minimum atomic E-state index is -0.230. The van der Waals surface area contributed by atoms with E-state index in [0.717, 1.165) is 5.71 Å². The second kappa shape index (κ2) is 4.88. The Hall–Kier alpha value is -0.860. The molecule has 0 heterocycles. The van der Waals surface area contributed by atoms with Gasteiger partial charge >= 0.3 is 5.97 Å². The second-order valence-corrected chi connectivity index (χ2v) is 2.71. The van der Waals surface area contributed by atoms with E-state index < -0.39 is 0 Å². The summed E-state index contributed by atoms with van der Waals surface area (Å²) in [4.78, 5) is 14.9. The molecule has 3 heteroatoms. The first-order valence-corrected chi connectivity index (χ1v) is 3.66. The summed E-state index contributed by atoms with van der Waals surface area (Å²) in [6.07, 6.45) is 0.300. The topological polar surface area (TPSA) is 38.7 Å². The van der Waals surface area contributed by atoms with E-state index in [4.69, 9.17) is 0 Å². The Labute approximate surface area is 67.5 Å². The molecule has 0 bridgehead atoms. The van der Waals surface area contributed by atoms with Crippen molar-refractivity contribution in [3.63, 3.8) is 0 Å². The zero-order valence-electron chi connectivity index (χ0n) is 7.55. The lowest BCUT2D eigenvalue weighted by atomic mass is 10.3. The standard InChI is InChI=1S/C8H15NO2/c1-6(2)9-7(3)5-8(10)11-4/h6H,5H2,1-4H3. The molecule has 0 atom stereocenters. The highest BCUT2D eigenvalue weighted by molar-refractivity contribution is 5.97. The van der Waals surface area contributed by atoms with Crippen LogP contribution in [0.2, 0.25) is 0 Å². The summed E-state index contributed by atoms with van der Waals surface area (Å²) in [6, 6.07) is 0.250. The van der Waals surface area contributed by atoms with Crippen LogP contribution in [0.15, 0.2) is 4.99 Å². The van der Waals surface area contributed by atoms with Crippen molar-refractivity contribution < 1.29 is 9.53 Å². The van der Waals surface area contributed by atoms with E-state index in [9.17, 15) is 4.79 Å². The number of esters is 1. The number of nitrogens with zero attached hydrogens (tertiary/aromatic N) is 1. The molecule has 11 heavy (non-hydrogen) atoms. The van der Waals surface area contributed by atoms with E-state index in [1.54, 1.807) is 0 Å². The molecule has 0 rings (SSSR count). The normalized spacial score (nSPS) is 11.9. The molecule has 0 unspecified atom stereocenters. The Morgan fingerprint density at radius 2 is 2.09 bits per heavy atom. The molecule has 0 aliphatic rings. The highest BCUT2D eigenvalue weighted by Crippen LogP contribution is 1.93. The minimum Gasteiger partial charge on any atom is -0.469 e. The fourth-order valence-corrected chi connectivity index (χ4v) is 0.767. The number of carbonyl (C=O) groups excluding carboxylic acids is 1. The maximum absolute atomic E-state index is 10.7. The Balaban J connectivity index is 3.86. The summed E-state index contributed by atoms with van der Waals surface area (Å²) in [7, 11) is 1.38. The van der Waals surface area contributed by atoms with E-state index in [-0.39, 0.29) is 12.0 Å². The van der Waals surface area contributed by atoms with Crippen LogP contribution in [0.5, 0.6) is 0 Å². The van der Waals surface area contributed by atoms with Crippen LogP contribution in [0.3, 0.4) is 0 Å². The van der Waals surface area contributed by atoms with Gasteiger partial charge in [0.1, 0.15) is 0 Å². The molecule has 0 aromatic carbocycles. The first kappa shape index (κ1) is 10.1. The molecule has 0 saturated carbocycles. The Morgan fingerprint density at radius 3 is 2.45 bits per heavy atom. The van der Waals surface area contributed by atoms with Crippen LogP contribution >= 0.6 is 0 Å². The fourth-order valence-electron chi connectivity index (χ4n) is 0.767. The molecule has 0 radical (unpaired) electrons. The maximum atomic E-state index is 10.7. The molecule has 0 aliphatic heterocycles. The number of methoxy groups -OCH3 is 1. The SMILES string of the molecule is COC(=O)CC(C)=NC(C)C. The van der Waals surface area contributed by atoms with E-state index in [0.29, 0.717) is 6.42 Å². The average Bonchev–Trinajstić information content (AvgIpc) is 1.85. The minimum absolute atomic E-state index is 0.230. The third kappa shape index (κ3) is 5.58. The number of ether oxygens (including phenoxy) is 1. The highest BCUT2D eigenvalue weighted by atomic mass is 16.5. The van der Waals surface area contributed by atoms with E-state index in [1.165, 1.54) is 7.11 Å². The fraction of sp³-hybridized carbons (Fsp3) is 0.750. The predicted molar refractivity (Wildman–Crippen MR) is 44.9 cm³/mol. The zero-order chi connectivity index (χ0) is 8.85. The van der Waals surface area contributed by atoms with Gasteiger partial charge in [0, 0.05) is 11.8 Å². The summed E-state index contributed by atoms with van der Waals surface area (Å²) in [6.45, 7) is 5.78. The Morgan fingerprint density at radius 1 is 1.55 bits per heavy atom. The quantitative estimate of drug-likeness (QED) is 0.459. The van der Waals surface area contributed by atoms with Gasteiger partial charge in [0.25, 0.3) is 0 Å². The summed E-state index contributed by atoms with van der Waals surface area (Å²) in [5.41, 5.74) is 0.826. The van der Waals surface area contributed by atoms with E-state index >= 15 is 0 Å². The van der Waals surface area contributed by atoms with Gasteiger partial charge in [0.05, 0.1) is 13.5 Å². The predicted octanol–water partition coefficient (Wildman–Crippen LogP) is 1.42. The molecule has 64 valence electrons. The van der Waals surface area contributed by atoms with Gasteiger partial charge < -0.3 is 4.74 Å². The summed E-state index contributed by atoms with van der Waals surface area (Å²) in [5, 5.41) is 0. The van der Waals surface area contributed by atoms with Gasteiger partial charge in [0.15, 0.2) is 0 Å². The third-order valence-corrected chi connectivity index (χ3v) is 1.11. The number of carbonyl (C=O) groups is 1. The van der Waals surface area contributed by atoms with Crippen molar-refractivity contribution in [2.45, 2.75) is 33.2 Å². The molecule has 0 saturated heterocycles. The molecule has 0 fully saturated rings. The van der Waals surface area contributed by atoms with Gasteiger partial charge in [-0.05, 0) is 20.8 Å². The molecule has 0 aromatic rings. The number of rotatable bonds is 3. The second-order valence-electron chi connectivity index (χ2n) is 2.71. The first-order valence-electron chi connectivity index (χ1n) is 3.66. The van der Waals surface area contributed by atoms with E-state index in [2.05, 4.69) is 9.73 Å². The smallest absolute Gasteiger partial charge is 0.311 e. The molecule has 0 N–H and O–H groups in total. The summed E-state index contributed by atoms with van der Waals surface area (Å²) in [5.74, 6) is -0.230. The molecular weight excluding hydrogens is 142 g/mol. The van der Waals surface area contributed by atoms with Gasteiger partial charge in [-0.25, -0.2) is 0 Å². The largest absolute Gasteiger partial charge is 0.469 e. The zero-order valence-corrected chi connectivity index (χ0v) is 7.55. The number of hydrogen-bond donors (Lipinski definition) is 0. The lowest BCUT2D eigenvalue weighted by molar-refractivity contribution is -0.139. The summed E-state index contributed by atoms with van der Waals surface area (Å²) >= 11 is 0. The molecule has 0 aromatic heterocycles. The highest BCUT2D eigenvalue weighted by Gasteiger charge is 2.02. The van der Waals surface area contributed by atoms with Gasteiger partial charge in [-0.15, -0.1) is 0 Å². The Bertz CT molecular complexity index is 161. The van der Waals surface area contributed by atoms with Gasteiger partial charge in [-0.2, -0.15) is 0 Å². The lowest BCUT2D eigenvalue weighted by Gasteiger charge is -2.01. The van der Waals surface area contributed by atoms with Crippen molar-refractivity contribution in [2.75, 3.05) is 7.11 Å². The van der Waals surface area contributed by atoms with E-state index in [1.807, 2.05) is 20.8 Å². The van der Waals surface area contributed by atoms with Crippen LogP contribution in [0.25, 0.3) is 0 Å². The molecule has 0 aliphatic carbocycles. The monoisotopic (exact) mass is 157 g/mol. The van der Waals surface area contributed by atoms with Crippen molar-refractivity contribution in [3.8, 4) is 0 Å². The van der Waals surface area contributed by atoms with Crippen LogP contribution in [0.1, 0.15) is 27.2 Å². The van der Waals surface area contributed by atoms with Crippen molar-refractivity contribution in [3.05, 3.63) is 0 Å². The van der Waals surface area contributed by atoms with Crippen LogP contribution in [0.4, 0.5) is 0 Å². The third-order valence-electron chi connectivity index (χ3n) is 1.11.